The Morgan fingerprint density at radius 2 is 2.27 bits per heavy atom. The number of nitrogens with zero attached hydrogens (tertiary/aromatic N) is 2. The summed E-state index contributed by atoms with van der Waals surface area (Å²) < 4.78 is 24.9. The van der Waals surface area contributed by atoms with Crippen molar-refractivity contribution in [3.8, 4) is 6.07 Å². The molecule has 0 bridgehead atoms. The average Bonchev–Trinajstić information content (AvgIpc) is 2.17. The van der Waals surface area contributed by atoms with Crippen molar-refractivity contribution in [3.63, 3.8) is 0 Å². The zero-order chi connectivity index (χ0) is 11.4. The minimum atomic E-state index is -2.62. The lowest BCUT2D eigenvalue weighted by atomic mass is 10.0. The summed E-state index contributed by atoms with van der Waals surface area (Å²) in [5, 5.41) is 8.56. The number of hydrogen-bond donors (Lipinski definition) is 1. The van der Waals surface area contributed by atoms with Crippen LogP contribution < -0.4 is 5.73 Å². The van der Waals surface area contributed by atoms with Crippen molar-refractivity contribution in [2.75, 3.05) is 0 Å². The first-order chi connectivity index (χ1) is 7.10. The number of alkyl halides is 2. The normalized spacial score (nSPS) is 10.4. The molecule has 5 heteroatoms. The van der Waals surface area contributed by atoms with Gasteiger partial charge in [0.2, 0.25) is 0 Å². The van der Waals surface area contributed by atoms with Gasteiger partial charge in [0.25, 0.3) is 6.43 Å². The summed E-state index contributed by atoms with van der Waals surface area (Å²) in [6.45, 7) is 1.83. The highest BCUT2D eigenvalue weighted by Gasteiger charge is 2.14. The molecule has 0 aliphatic rings. The third kappa shape index (κ3) is 2.48. The molecule has 1 aromatic rings. The Hall–Kier alpha value is -1.54. The van der Waals surface area contributed by atoms with Crippen LogP contribution in [-0.2, 0) is 13.0 Å². The van der Waals surface area contributed by atoms with E-state index in [0.717, 1.165) is 0 Å². The summed E-state index contributed by atoms with van der Waals surface area (Å²) in [4.78, 5) is 3.75. The van der Waals surface area contributed by atoms with Crippen molar-refractivity contribution in [1.29, 1.82) is 5.26 Å². The second kappa shape index (κ2) is 4.80. The molecule has 0 atom stereocenters. The van der Waals surface area contributed by atoms with Crippen molar-refractivity contribution in [3.05, 3.63) is 28.6 Å². The molecule has 1 heterocycles. The summed E-state index contributed by atoms with van der Waals surface area (Å²) >= 11 is 0. The molecule has 0 amide bonds. The highest BCUT2D eigenvalue weighted by molar-refractivity contribution is 5.34. The first kappa shape index (κ1) is 11.5. The van der Waals surface area contributed by atoms with Crippen LogP contribution in [0.3, 0.4) is 0 Å². The van der Waals surface area contributed by atoms with Gasteiger partial charge in [-0.1, -0.05) is 0 Å². The first-order valence-electron chi connectivity index (χ1n) is 4.44. The molecular weight excluding hydrogens is 200 g/mol. The van der Waals surface area contributed by atoms with E-state index in [1.807, 2.05) is 6.07 Å². The fourth-order valence-corrected chi connectivity index (χ4v) is 1.42. The summed E-state index contributed by atoms with van der Waals surface area (Å²) in [6.07, 6.45) is -2.54. The molecule has 3 nitrogen and oxygen atoms in total. The van der Waals surface area contributed by atoms with Crippen molar-refractivity contribution in [2.45, 2.75) is 26.3 Å². The molecule has 0 spiro atoms. The lowest BCUT2D eigenvalue weighted by Crippen LogP contribution is -2.08. The van der Waals surface area contributed by atoms with E-state index in [4.69, 9.17) is 11.0 Å². The number of halogens is 2. The molecule has 0 unspecified atom stereocenters. The van der Waals surface area contributed by atoms with E-state index in [1.54, 1.807) is 6.92 Å². The van der Waals surface area contributed by atoms with Gasteiger partial charge in [-0.2, -0.15) is 5.26 Å². The van der Waals surface area contributed by atoms with Gasteiger partial charge in [0.15, 0.2) is 0 Å². The highest BCUT2D eigenvalue weighted by atomic mass is 19.3. The Morgan fingerprint density at radius 3 is 2.73 bits per heavy atom. The molecule has 0 fully saturated rings. The number of nitriles is 1. The van der Waals surface area contributed by atoms with Crippen molar-refractivity contribution in [2.24, 2.45) is 5.73 Å². The smallest absolute Gasteiger partial charge is 0.280 e. The molecule has 0 aliphatic carbocycles. The SMILES string of the molecule is Cc1nc(C(F)F)cc(CC#N)c1CN. The largest absolute Gasteiger partial charge is 0.326 e. The van der Waals surface area contributed by atoms with Gasteiger partial charge in [-0.05, 0) is 24.1 Å². The molecule has 0 saturated carbocycles. The van der Waals surface area contributed by atoms with E-state index < -0.39 is 6.43 Å². The Kier molecular flexibility index (Phi) is 3.69. The van der Waals surface area contributed by atoms with Gasteiger partial charge in [-0.3, -0.25) is 4.98 Å². The average molecular weight is 211 g/mol. The Balaban J connectivity index is 3.26. The van der Waals surface area contributed by atoms with Crippen LogP contribution in [0, 0.1) is 18.3 Å². The molecule has 0 radical (unpaired) electrons. The third-order valence-corrected chi connectivity index (χ3v) is 2.14. The van der Waals surface area contributed by atoms with Crippen LogP contribution >= 0.6 is 0 Å². The van der Waals surface area contributed by atoms with Gasteiger partial charge in [0, 0.05) is 12.2 Å². The molecular formula is C10H11F2N3. The maximum Gasteiger partial charge on any atom is 0.280 e. The van der Waals surface area contributed by atoms with Gasteiger partial charge in [-0.25, -0.2) is 8.78 Å². The summed E-state index contributed by atoms with van der Waals surface area (Å²) in [6, 6.07) is 3.18. The zero-order valence-corrected chi connectivity index (χ0v) is 8.30. The van der Waals surface area contributed by atoms with Crippen LogP contribution in [0.5, 0.6) is 0 Å². The predicted octanol–water partition coefficient (Wildman–Crippen LogP) is 1.85. The monoisotopic (exact) mass is 211 g/mol. The molecule has 0 aliphatic heterocycles. The van der Waals surface area contributed by atoms with Crippen LogP contribution in [-0.4, -0.2) is 4.98 Å². The number of rotatable bonds is 3. The molecule has 1 rings (SSSR count). The maximum absolute atomic E-state index is 12.4. The second-order valence-electron chi connectivity index (χ2n) is 3.11. The molecule has 1 aromatic heterocycles. The van der Waals surface area contributed by atoms with Crippen LogP contribution in [0.15, 0.2) is 6.07 Å². The lowest BCUT2D eigenvalue weighted by Gasteiger charge is -2.10. The number of hydrogen-bond acceptors (Lipinski definition) is 3. The minimum Gasteiger partial charge on any atom is -0.326 e. The van der Waals surface area contributed by atoms with Crippen LogP contribution in [0.2, 0.25) is 0 Å². The number of aromatic nitrogens is 1. The fourth-order valence-electron chi connectivity index (χ4n) is 1.42. The lowest BCUT2D eigenvalue weighted by molar-refractivity contribution is 0.145. The third-order valence-electron chi connectivity index (χ3n) is 2.14. The van der Waals surface area contributed by atoms with Crippen molar-refractivity contribution in [1.82, 2.24) is 4.98 Å². The van der Waals surface area contributed by atoms with E-state index in [2.05, 4.69) is 4.98 Å². The topological polar surface area (TPSA) is 62.7 Å². The molecule has 0 saturated heterocycles. The molecule has 0 aromatic carbocycles. The van der Waals surface area contributed by atoms with Gasteiger partial charge in [0.05, 0.1) is 12.5 Å². The van der Waals surface area contributed by atoms with Crippen LogP contribution in [0.25, 0.3) is 0 Å². The molecule has 15 heavy (non-hydrogen) atoms. The Morgan fingerprint density at radius 1 is 1.60 bits per heavy atom. The number of aryl methyl sites for hydroxylation is 1. The summed E-state index contributed by atoms with van der Waals surface area (Å²) in [5.41, 5.74) is 6.87. The fraction of sp³-hybridized carbons (Fsp3) is 0.400. The number of pyridine rings is 1. The molecule has 2 N–H and O–H groups in total. The van der Waals surface area contributed by atoms with Crippen LogP contribution in [0.1, 0.15) is 28.9 Å². The zero-order valence-electron chi connectivity index (χ0n) is 8.30. The van der Waals surface area contributed by atoms with Crippen molar-refractivity contribution >= 4 is 0 Å². The van der Waals surface area contributed by atoms with Crippen molar-refractivity contribution < 1.29 is 8.78 Å². The van der Waals surface area contributed by atoms with Gasteiger partial charge < -0.3 is 5.73 Å². The summed E-state index contributed by atoms with van der Waals surface area (Å²) in [7, 11) is 0. The predicted molar refractivity (Wildman–Crippen MR) is 51.1 cm³/mol. The maximum atomic E-state index is 12.4. The van der Waals surface area contributed by atoms with E-state index in [0.29, 0.717) is 16.8 Å². The standard InChI is InChI=1S/C10H11F2N3/c1-6-8(5-14)7(2-3-13)4-9(15-6)10(11)12/h4,10H,2,5,14H2,1H3. The minimum absolute atomic E-state index is 0.0790. The van der Waals surface area contributed by atoms with Crippen LogP contribution in [0.4, 0.5) is 8.78 Å². The van der Waals surface area contributed by atoms with Gasteiger partial charge in [-0.15, -0.1) is 0 Å². The Labute approximate surface area is 86.5 Å². The highest BCUT2D eigenvalue weighted by Crippen LogP contribution is 2.21. The number of nitrogens with two attached hydrogens (primary N) is 1. The molecule has 80 valence electrons. The van der Waals surface area contributed by atoms with Gasteiger partial charge >= 0.3 is 0 Å². The van der Waals surface area contributed by atoms with E-state index in [9.17, 15) is 8.78 Å². The summed E-state index contributed by atoms with van der Waals surface area (Å²) in [5.74, 6) is 0. The second-order valence-corrected chi connectivity index (χ2v) is 3.11. The van der Waals surface area contributed by atoms with E-state index >= 15 is 0 Å². The van der Waals surface area contributed by atoms with E-state index in [-0.39, 0.29) is 18.7 Å². The Bertz CT molecular complexity index is 396. The first-order valence-corrected chi connectivity index (χ1v) is 4.44. The van der Waals surface area contributed by atoms with E-state index in [1.165, 1.54) is 6.07 Å². The van der Waals surface area contributed by atoms with Gasteiger partial charge in [0.1, 0.15) is 5.69 Å². The quantitative estimate of drug-likeness (QED) is 0.829.